The van der Waals surface area contributed by atoms with Crippen molar-refractivity contribution in [3.8, 4) is 11.5 Å². The van der Waals surface area contributed by atoms with Crippen molar-refractivity contribution in [3.05, 3.63) is 89.5 Å². The highest BCUT2D eigenvalue weighted by Crippen LogP contribution is 2.37. The van der Waals surface area contributed by atoms with Gasteiger partial charge in [-0.05, 0) is 100 Å². The number of hydrogen-bond acceptors (Lipinski definition) is 6. The first-order valence-corrected chi connectivity index (χ1v) is 19.5. The lowest BCUT2D eigenvalue weighted by Gasteiger charge is -2.32. The van der Waals surface area contributed by atoms with Crippen molar-refractivity contribution in [2.75, 3.05) is 13.1 Å². The number of nitrogens with one attached hydrogen (secondary N) is 2. The maximum absolute atomic E-state index is 14.7. The third-order valence-electron chi connectivity index (χ3n) is 10.7. The summed E-state index contributed by atoms with van der Waals surface area (Å²) in [4.78, 5) is 52.5. The number of aromatic nitrogens is 3. The number of amides is 3. The Bertz CT molecular complexity index is 2230. The van der Waals surface area contributed by atoms with Crippen LogP contribution in [0.2, 0.25) is 0 Å². The van der Waals surface area contributed by atoms with Crippen molar-refractivity contribution in [2.24, 2.45) is 5.92 Å². The summed E-state index contributed by atoms with van der Waals surface area (Å²) in [6.07, 6.45) is 2.43. The first-order chi connectivity index (χ1) is 26.8. The molecule has 296 valence electrons. The molecule has 11 nitrogen and oxygen atoms in total. The number of rotatable bonds is 10. The lowest BCUT2D eigenvalue weighted by atomic mass is 10.00. The normalized spacial score (nSPS) is 17.9. The van der Waals surface area contributed by atoms with Gasteiger partial charge < -0.3 is 34.1 Å². The summed E-state index contributed by atoms with van der Waals surface area (Å²) in [5, 5.41) is 3.60. The Morgan fingerprint density at radius 1 is 0.929 bits per heavy atom. The number of fused-ring (bicyclic) bond motifs is 2. The molecule has 3 aromatic carbocycles. The third kappa shape index (κ3) is 8.36. The molecular formula is C43H50F2N6O5. The summed E-state index contributed by atoms with van der Waals surface area (Å²) in [5.41, 5.74) is 3.34. The SMILES string of the molecule is CC(C)[C@H](NC(=O)OC(C)(C)C)C(=O)N1CCC[C@H]1Cn1c(-c2[nH]c3cc(F)ccc3c2C[C@@H]2CCCN2C(=O)OCc2ccccc2)nc2cc(F)ccc21. The fourth-order valence-corrected chi connectivity index (χ4v) is 8.09. The maximum atomic E-state index is 14.7. The van der Waals surface area contributed by atoms with E-state index in [1.807, 2.05) is 53.6 Å². The smallest absolute Gasteiger partial charge is 0.410 e. The largest absolute Gasteiger partial charge is 0.445 e. The number of aromatic amines is 1. The molecule has 56 heavy (non-hydrogen) atoms. The molecular weight excluding hydrogens is 719 g/mol. The van der Waals surface area contributed by atoms with Gasteiger partial charge >= 0.3 is 12.2 Å². The van der Waals surface area contributed by atoms with Gasteiger partial charge in [0.25, 0.3) is 0 Å². The summed E-state index contributed by atoms with van der Waals surface area (Å²) < 4.78 is 42.7. The van der Waals surface area contributed by atoms with E-state index in [9.17, 15) is 23.2 Å². The van der Waals surface area contributed by atoms with Gasteiger partial charge in [0.2, 0.25) is 5.91 Å². The van der Waals surface area contributed by atoms with E-state index in [0.29, 0.717) is 60.5 Å². The number of alkyl carbamates (subject to hydrolysis) is 1. The van der Waals surface area contributed by atoms with Crippen LogP contribution < -0.4 is 5.32 Å². The van der Waals surface area contributed by atoms with E-state index >= 15 is 0 Å². The lowest BCUT2D eigenvalue weighted by molar-refractivity contribution is -0.135. The van der Waals surface area contributed by atoms with Crippen LogP contribution in [0.3, 0.4) is 0 Å². The molecule has 2 fully saturated rings. The lowest BCUT2D eigenvalue weighted by Crippen LogP contribution is -2.53. The van der Waals surface area contributed by atoms with E-state index in [2.05, 4.69) is 10.3 Å². The molecule has 0 bridgehead atoms. The van der Waals surface area contributed by atoms with Gasteiger partial charge in [-0.25, -0.2) is 23.4 Å². The van der Waals surface area contributed by atoms with Crippen LogP contribution in [0.4, 0.5) is 18.4 Å². The predicted octanol–water partition coefficient (Wildman–Crippen LogP) is 8.35. The van der Waals surface area contributed by atoms with Crippen molar-refractivity contribution < 1.29 is 32.6 Å². The number of carbonyl (C=O) groups excluding carboxylic acids is 3. The topological polar surface area (TPSA) is 122 Å². The summed E-state index contributed by atoms with van der Waals surface area (Å²) in [7, 11) is 0. The molecule has 3 amide bonds. The average molecular weight is 769 g/mol. The van der Waals surface area contributed by atoms with Crippen molar-refractivity contribution in [1.82, 2.24) is 29.7 Å². The van der Waals surface area contributed by atoms with Gasteiger partial charge in [0, 0.05) is 48.7 Å². The zero-order valence-electron chi connectivity index (χ0n) is 32.6. The summed E-state index contributed by atoms with van der Waals surface area (Å²) in [5.74, 6) is -0.732. The zero-order valence-corrected chi connectivity index (χ0v) is 32.6. The van der Waals surface area contributed by atoms with Crippen molar-refractivity contribution >= 4 is 40.0 Å². The second-order valence-electron chi connectivity index (χ2n) is 16.3. The molecule has 2 aliphatic heterocycles. The van der Waals surface area contributed by atoms with E-state index in [-0.39, 0.29) is 30.5 Å². The molecule has 4 heterocycles. The quantitative estimate of drug-likeness (QED) is 0.147. The summed E-state index contributed by atoms with van der Waals surface area (Å²) in [6.45, 7) is 10.6. The van der Waals surface area contributed by atoms with E-state index in [4.69, 9.17) is 14.5 Å². The molecule has 0 radical (unpaired) electrons. The van der Waals surface area contributed by atoms with Gasteiger partial charge in [-0.15, -0.1) is 0 Å². The van der Waals surface area contributed by atoms with Gasteiger partial charge in [0.05, 0.1) is 16.7 Å². The number of nitrogens with zero attached hydrogens (tertiary/aromatic N) is 4. The van der Waals surface area contributed by atoms with E-state index in [1.54, 1.807) is 37.8 Å². The van der Waals surface area contributed by atoms with Gasteiger partial charge in [0.1, 0.15) is 29.9 Å². The Hall–Kier alpha value is -5.46. The Balaban J connectivity index is 1.22. The highest BCUT2D eigenvalue weighted by molar-refractivity contribution is 5.92. The first kappa shape index (κ1) is 38.8. The molecule has 13 heteroatoms. The highest BCUT2D eigenvalue weighted by atomic mass is 19.1. The summed E-state index contributed by atoms with van der Waals surface area (Å²) >= 11 is 0. The third-order valence-corrected chi connectivity index (χ3v) is 10.7. The second kappa shape index (κ2) is 16.0. The Kier molecular flexibility index (Phi) is 11.1. The van der Waals surface area contributed by atoms with Crippen LogP contribution in [-0.2, 0) is 33.8 Å². The van der Waals surface area contributed by atoms with Gasteiger partial charge in [-0.3, -0.25) is 4.79 Å². The minimum absolute atomic E-state index is 0.163. The first-order valence-electron chi connectivity index (χ1n) is 19.5. The van der Waals surface area contributed by atoms with Crippen LogP contribution >= 0.6 is 0 Å². The van der Waals surface area contributed by atoms with E-state index in [0.717, 1.165) is 35.8 Å². The van der Waals surface area contributed by atoms with Crippen LogP contribution in [0.15, 0.2) is 66.7 Å². The number of imidazole rings is 1. The van der Waals surface area contributed by atoms with Crippen LogP contribution in [-0.4, -0.2) is 79.2 Å². The number of ether oxygens (including phenoxy) is 2. The molecule has 2 saturated heterocycles. The molecule has 0 saturated carbocycles. The summed E-state index contributed by atoms with van der Waals surface area (Å²) in [6, 6.07) is 17.3. The highest BCUT2D eigenvalue weighted by Gasteiger charge is 2.38. The van der Waals surface area contributed by atoms with Gasteiger partial charge in [-0.2, -0.15) is 0 Å². The standard InChI is InChI=1S/C43H50F2N6O5/c1-26(2)37(48-41(53)56-43(3,4)5)40(52)49-19-10-14-31(49)24-51-36-18-16-29(45)22-35(36)47-39(51)38-33(32-17-15-28(44)21-34(32)46-38)23-30-13-9-20-50(30)42(54)55-25-27-11-7-6-8-12-27/h6-8,11-12,15-18,21-22,26,30-31,37,46H,9-10,13-14,19-20,23-25H2,1-5H3,(H,48,53)/t30-,31-,37-/m0/s1. The van der Waals surface area contributed by atoms with Crippen LogP contribution in [0.25, 0.3) is 33.5 Å². The molecule has 3 atom stereocenters. The van der Waals surface area contributed by atoms with Crippen LogP contribution in [0, 0.1) is 17.6 Å². The molecule has 0 spiro atoms. The Labute approximate surface area is 325 Å². The molecule has 0 unspecified atom stereocenters. The van der Waals surface area contributed by atoms with Crippen LogP contribution in [0.1, 0.15) is 71.4 Å². The van der Waals surface area contributed by atoms with Crippen molar-refractivity contribution in [2.45, 2.75) is 104 Å². The molecule has 2 aromatic heterocycles. The second-order valence-corrected chi connectivity index (χ2v) is 16.3. The minimum Gasteiger partial charge on any atom is -0.445 e. The fraction of sp³-hybridized carbons (Fsp3) is 0.442. The maximum Gasteiger partial charge on any atom is 0.410 e. The van der Waals surface area contributed by atoms with Gasteiger partial charge in [-0.1, -0.05) is 44.2 Å². The van der Waals surface area contributed by atoms with Crippen LogP contribution in [0.5, 0.6) is 0 Å². The fourth-order valence-electron chi connectivity index (χ4n) is 8.09. The number of carbonyl (C=O) groups is 3. The molecule has 0 aliphatic carbocycles. The number of hydrogen-bond donors (Lipinski definition) is 2. The monoisotopic (exact) mass is 768 g/mol. The Morgan fingerprint density at radius 2 is 1.62 bits per heavy atom. The van der Waals surface area contributed by atoms with E-state index in [1.165, 1.54) is 24.3 Å². The number of likely N-dealkylation sites (tertiary alicyclic amines) is 2. The van der Waals surface area contributed by atoms with Crippen molar-refractivity contribution in [1.29, 1.82) is 0 Å². The average Bonchev–Trinajstić information content (AvgIpc) is 3.95. The molecule has 5 aromatic rings. The number of halogens is 2. The predicted molar refractivity (Wildman–Crippen MR) is 210 cm³/mol. The number of benzene rings is 3. The number of H-pyrrole nitrogens is 1. The molecule has 7 rings (SSSR count). The molecule has 2 N–H and O–H groups in total. The minimum atomic E-state index is -0.803. The van der Waals surface area contributed by atoms with Crippen molar-refractivity contribution in [3.63, 3.8) is 0 Å². The zero-order chi connectivity index (χ0) is 39.7. The molecule has 2 aliphatic rings. The van der Waals surface area contributed by atoms with E-state index < -0.39 is 35.5 Å². The van der Waals surface area contributed by atoms with Gasteiger partial charge in [0.15, 0.2) is 5.82 Å². The Morgan fingerprint density at radius 3 is 2.36 bits per heavy atom.